The fourth-order valence-corrected chi connectivity index (χ4v) is 0.874. The third kappa shape index (κ3) is 2.89. The molecule has 13 heavy (non-hydrogen) atoms. The van der Waals surface area contributed by atoms with Crippen molar-refractivity contribution in [1.29, 1.82) is 0 Å². The molecule has 0 aliphatic heterocycles. The molecule has 0 aliphatic rings. The SMILES string of the molecule is C=C(Oc1ccccc1)S(=O)(=O)O. The first-order chi connectivity index (χ1) is 6.00. The van der Waals surface area contributed by atoms with Crippen LogP contribution < -0.4 is 4.74 Å². The van der Waals surface area contributed by atoms with Crippen molar-refractivity contribution in [2.75, 3.05) is 0 Å². The summed E-state index contributed by atoms with van der Waals surface area (Å²) in [6, 6.07) is 8.20. The monoisotopic (exact) mass is 200 g/mol. The Bertz CT molecular complexity index is 393. The lowest BCUT2D eigenvalue weighted by Crippen LogP contribution is -2.06. The molecule has 0 atom stereocenters. The molecule has 0 spiro atoms. The van der Waals surface area contributed by atoms with Crippen LogP contribution in [0.25, 0.3) is 0 Å². The Morgan fingerprint density at radius 1 is 1.31 bits per heavy atom. The van der Waals surface area contributed by atoms with Crippen molar-refractivity contribution in [3.63, 3.8) is 0 Å². The molecule has 4 nitrogen and oxygen atoms in total. The second kappa shape index (κ2) is 3.59. The smallest absolute Gasteiger partial charge is 0.327 e. The lowest BCUT2D eigenvalue weighted by Gasteiger charge is -2.04. The molecule has 5 heteroatoms. The number of rotatable bonds is 3. The molecule has 0 heterocycles. The molecule has 0 unspecified atom stereocenters. The van der Waals surface area contributed by atoms with Gasteiger partial charge < -0.3 is 4.74 Å². The van der Waals surface area contributed by atoms with E-state index >= 15 is 0 Å². The van der Waals surface area contributed by atoms with Crippen molar-refractivity contribution in [2.24, 2.45) is 0 Å². The summed E-state index contributed by atoms with van der Waals surface area (Å²) in [5.41, 5.74) is 0. The van der Waals surface area contributed by atoms with Gasteiger partial charge in [0.15, 0.2) is 0 Å². The summed E-state index contributed by atoms with van der Waals surface area (Å²) in [5.74, 6) is 0.310. The number of ether oxygens (including phenoxy) is 1. The summed E-state index contributed by atoms with van der Waals surface area (Å²) in [6.07, 6.45) is 0. The molecule has 1 aromatic rings. The first kappa shape index (κ1) is 9.76. The Morgan fingerprint density at radius 3 is 2.31 bits per heavy atom. The molecule has 1 N–H and O–H groups in total. The van der Waals surface area contributed by atoms with Gasteiger partial charge in [-0.25, -0.2) is 0 Å². The molecule has 0 aromatic heterocycles. The van der Waals surface area contributed by atoms with E-state index < -0.39 is 15.2 Å². The van der Waals surface area contributed by atoms with Gasteiger partial charge in [0.2, 0.25) is 5.09 Å². The normalized spacial score (nSPS) is 10.8. The Hall–Kier alpha value is -1.33. The average molecular weight is 200 g/mol. The van der Waals surface area contributed by atoms with Crippen molar-refractivity contribution in [3.05, 3.63) is 42.0 Å². The summed E-state index contributed by atoms with van der Waals surface area (Å²) in [5, 5.41) is -0.682. The predicted molar refractivity (Wildman–Crippen MR) is 47.8 cm³/mol. The van der Waals surface area contributed by atoms with Crippen LogP contribution in [0.5, 0.6) is 5.75 Å². The fourth-order valence-electron chi connectivity index (χ4n) is 0.673. The van der Waals surface area contributed by atoms with Crippen LogP contribution >= 0.6 is 0 Å². The van der Waals surface area contributed by atoms with E-state index in [1.54, 1.807) is 30.3 Å². The highest BCUT2D eigenvalue weighted by atomic mass is 32.2. The van der Waals surface area contributed by atoms with E-state index in [1.807, 2.05) is 0 Å². The summed E-state index contributed by atoms with van der Waals surface area (Å²) in [7, 11) is -4.32. The Morgan fingerprint density at radius 2 is 1.85 bits per heavy atom. The van der Waals surface area contributed by atoms with Gasteiger partial charge in [0, 0.05) is 0 Å². The van der Waals surface area contributed by atoms with Gasteiger partial charge in [-0.15, -0.1) is 0 Å². The van der Waals surface area contributed by atoms with Crippen LogP contribution in [-0.2, 0) is 10.1 Å². The third-order valence-corrected chi connectivity index (χ3v) is 1.92. The van der Waals surface area contributed by atoms with Crippen LogP contribution in [0, 0.1) is 0 Å². The summed E-state index contributed by atoms with van der Waals surface area (Å²) in [4.78, 5) is 0. The molecule has 0 amide bonds. The Balaban J connectivity index is 2.78. The number of hydrogen-bond donors (Lipinski definition) is 1. The Kier molecular flexibility index (Phi) is 2.69. The summed E-state index contributed by atoms with van der Waals surface area (Å²) >= 11 is 0. The highest BCUT2D eigenvalue weighted by Crippen LogP contribution is 2.13. The van der Waals surface area contributed by atoms with E-state index in [0.29, 0.717) is 5.75 Å². The quantitative estimate of drug-likeness (QED) is 0.592. The molecule has 0 fully saturated rings. The average Bonchev–Trinajstić information content (AvgIpc) is 2.04. The minimum atomic E-state index is -4.32. The van der Waals surface area contributed by atoms with Crippen LogP contribution in [0.2, 0.25) is 0 Å². The van der Waals surface area contributed by atoms with Gasteiger partial charge in [-0.1, -0.05) is 18.2 Å². The van der Waals surface area contributed by atoms with E-state index in [9.17, 15) is 8.42 Å². The summed E-state index contributed by atoms with van der Waals surface area (Å²) < 4.78 is 34.2. The first-order valence-corrected chi connectivity index (χ1v) is 4.83. The topological polar surface area (TPSA) is 63.6 Å². The molecular formula is C8H8O4S. The van der Waals surface area contributed by atoms with Crippen LogP contribution in [0.15, 0.2) is 42.0 Å². The largest absolute Gasteiger partial charge is 0.443 e. The molecule has 0 aliphatic carbocycles. The van der Waals surface area contributed by atoms with Crippen LogP contribution in [-0.4, -0.2) is 13.0 Å². The standard InChI is InChI=1S/C8H8O4S/c1-7(13(9,10)11)12-8-5-3-2-4-6-8/h2-6H,1H2,(H,9,10,11). The van der Waals surface area contributed by atoms with E-state index in [2.05, 4.69) is 6.58 Å². The van der Waals surface area contributed by atoms with Gasteiger partial charge in [-0.3, -0.25) is 4.55 Å². The van der Waals surface area contributed by atoms with Crippen LogP contribution in [0.3, 0.4) is 0 Å². The maximum Gasteiger partial charge on any atom is 0.327 e. The lowest BCUT2D eigenvalue weighted by atomic mass is 10.3. The fraction of sp³-hybridized carbons (Fsp3) is 0. The maximum atomic E-state index is 10.5. The van der Waals surface area contributed by atoms with Gasteiger partial charge >= 0.3 is 10.1 Å². The molecule has 0 saturated heterocycles. The Labute approximate surface area is 76.2 Å². The van der Waals surface area contributed by atoms with Gasteiger partial charge in [-0.2, -0.15) is 8.42 Å². The third-order valence-electron chi connectivity index (χ3n) is 1.26. The van der Waals surface area contributed by atoms with Crippen molar-refractivity contribution in [2.45, 2.75) is 0 Å². The molecular weight excluding hydrogens is 192 g/mol. The van der Waals surface area contributed by atoms with Gasteiger partial charge in [0.1, 0.15) is 5.75 Å². The molecule has 0 bridgehead atoms. The highest BCUT2D eigenvalue weighted by molar-refractivity contribution is 7.89. The van der Waals surface area contributed by atoms with Crippen molar-refractivity contribution in [1.82, 2.24) is 0 Å². The van der Waals surface area contributed by atoms with Gasteiger partial charge in [0.25, 0.3) is 0 Å². The van der Waals surface area contributed by atoms with E-state index in [0.717, 1.165) is 0 Å². The van der Waals surface area contributed by atoms with Crippen molar-refractivity contribution in [3.8, 4) is 5.75 Å². The van der Waals surface area contributed by atoms with Crippen molar-refractivity contribution < 1.29 is 17.7 Å². The zero-order valence-electron chi connectivity index (χ0n) is 6.67. The summed E-state index contributed by atoms with van der Waals surface area (Å²) in [6.45, 7) is 3.06. The minimum Gasteiger partial charge on any atom is -0.443 e. The first-order valence-electron chi connectivity index (χ1n) is 3.39. The van der Waals surface area contributed by atoms with Gasteiger partial charge in [0.05, 0.1) is 0 Å². The number of hydrogen-bond acceptors (Lipinski definition) is 3. The van der Waals surface area contributed by atoms with E-state index in [4.69, 9.17) is 9.29 Å². The second-order valence-corrected chi connectivity index (χ2v) is 3.67. The lowest BCUT2D eigenvalue weighted by molar-refractivity contribution is 0.417. The number of benzene rings is 1. The number of para-hydroxylation sites is 1. The van der Waals surface area contributed by atoms with Crippen LogP contribution in [0.4, 0.5) is 0 Å². The van der Waals surface area contributed by atoms with Crippen LogP contribution in [0.1, 0.15) is 0 Å². The predicted octanol–water partition coefficient (Wildman–Crippen LogP) is 1.42. The zero-order chi connectivity index (χ0) is 9.90. The van der Waals surface area contributed by atoms with Gasteiger partial charge in [-0.05, 0) is 18.7 Å². The molecule has 70 valence electrons. The zero-order valence-corrected chi connectivity index (χ0v) is 7.49. The second-order valence-electron chi connectivity index (χ2n) is 2.26. The molecule has 0 saturated carbocycles. The van der Waals surface area contributed by atoms with E-state index in [-0.39, 0.29) is 0 Å². The highest BCUT2D eigenvalue weighted by Gasteiger charge is 2.12. The molecule has 0 radical (unpaired) electrons. The minimum absolute atomic E-state index is 0.310. The van der Waals surface area contributed by atoms with Crippen molar-refractivity contribution >= 4 is 10.1 Å². The maximum absolute atomic E-state index is 10.5. The molecule has 1 rings (SSSR count). The molecule has 1 aromatic carbocycles. The van der Waals surface area contributed by atoms with E-state index in [1.165, 1.54) is 0 Å².